The summed E-state index contributed by atoms with van der Waals surface area (Å²) in [5, 5.41) is 7.58. The van der Waals surface area contributed by atoms with Crippen LogP contribution in [-0.2, 0) is 21.2 Å². The second-order valence-corrected chi connectivity index (χ2v) is 8.70. The molecule has 9 nitrogen and oxygen atoms in total. The standard InChI is InChI=1S/C21H19N5O4S/c1-13-10-14(2)20-17(11-13)18(25-30-20)12-19(27)24-15-4-6-16(7-5-15)31(28,29)26-21-22-8-3-9-23-21/h3-11H,12H2,1-2H3,(H,24,27)(H,22,23,26). The second kappa shape index (κ2) is 8.15. The number of sulfonamides is 1. The van der Waals surface area contributed by atoms with E-state index in [0.29, 0.717) is 17.0 Å². The fourth-order valence-electron chi connectivity index (χ4n) is 3.17. The van der Waals surface area contributed by atoms with Gasteiger partial charge in [-0.25, -0.2) is 23.1 Å². The number of fused-ring (bicyclic) bond motifs is 1. The average Bonchev–Trinajstić information content (AvgIpc) is 3.11. The number of hydrogen-bond acceptors (Lipinski definition) is 7. The van der Waals surface area contributed by atoms with Crippen LogP contribution in [0.2, 0.25) is 0 Å². The minimum absolute atomic E-state index is 0.0198. The molecule has 0 aliphatic heterocycles. The SMILES string of the molecule is Cc1cc(C)c2onc(CC(=O)Nc3ccc(S(=O)(=O)Nc4ncccn4)cc3)c2c1. The van der Waals surface area contributed by atoms with E-state index in [4.69, 9.17) is 4.52 Å². The first-order chi connectivity index (χ1) is 14.8. The summed E-state index contributed by atoms with van der Waals surface area (Å²) in [5.41, 5.74) is 3.69. The minimum atomic E-state index is -3.84. The molecule has 2 N–H and O–H groups in total. The maximum atomic E-state index is 12.5. The Balaban J connectivity index is 1.45. The lowest BCUT2D eigenvalue weighted by Gasteiger charge is -2.08. The van der Waals surface area contributed by atoms with Gasteiger partial charge in [-0.15, -0.1) is 0 Å². The number of amides is 1. The molecular formula is C21H19N5O4S. The van der Waals surface area contributed by atoms with Crippen LogP contribution in [0.15, 0.2) is 64.3 Å². The Labute approximate surface area is 178 Å². The highest BCUT2D eigenvalue weighted by atomic mass is 32.2. The summed E-state index contributed by atoms with van der Waals surface area (Å²) < 4.78 is 32.5. The Hall–Kier alpha value is -3.79. The number of carbonyl (C=O) groups is 1. The number of nitrogens with zero attached hydrogens (tertiary/aromatic N) is 3. The van der Waals surface area contributed by atoms with Crippen LogP contribution in [0.25, 0.3) is 11.0 Å². The van der Waals surface area contributed by atoms with Crippen molar-refractivity contribution in [2.45, 2.75) is 25.2 Å². The lowest BCUT2D eigenvalue weighted by Crippen LogP contribution is -2.16. The van der Waals surface area contributed by atoms with Crippen LogP contribution in [0.3, 0.4) is 0 Å². The van der Waals surface area contributed by atoms with E-state index in [9.17, 15) is 13.2 Å². The van der Waals surface area contributed by atoms with Crippen molar-refractivity contribution >= 4 is 38.5 Å². The number of aryl methyl sites for hydroxylation is 2. The summed E-state index contributed by atoms with van der Waals surface area (Å²) >= 11 is 0. The van der Waals surface area contributed by atoms with Gasteiger partial charge in [-0.05, 0) is 61.4 Å². The van der Waals surface area contributed by atoms with Crippen LogP contribution in [0.4, 0.5) is 11.6 Å². The fraction of sp³-hybridized carbons (Fsp3) is 0.143. The molecule has 0 unspecified atom stereocenters. The average molecular weight is 437 g/mol. The summed E-state index contributed by atoms with van der Waals surface area (Å²) in [4.78, 5) is 20.2. The smallest absolute Gasteiger partial charge is 0.264 e. The molecule has 0 bridgehead atoms. The summed E-state index contributed by atoms with van der Waals surface area (Å²) in [7, 11) is -3.84. The molecule has 4 aromatic rings. The Kier molecular flexibility index (Phi) is 5.38. The van der Waals surface area contributed by atoms with Gasteiger partial charge in [0.15, 0.2) is 5.58 Å². The van der Waals surface area contributed by atoms with Gasteiger partial charge < -0.3 is 9.84 Å². The van der Waals surface area contributed by atoms with E-state index in [0.717, 1.165) is 16.5 Å². The predicted molar refractivity (Wildman–Crippen MR) is 115 cm³/mol. The normalized spacial score (nSPS) is 11.4. The summed E-state index contributed by atoms with van der Waals surface area (Å²) in [6.07, 6.45) is 2.90. The van der Waals surface area contributed by atoms with Crippen LogP contribution >= 0.6 is 0 Å². The highest BCUT2D eigenvalue weighted by Crippen LogP contribution is 2.24. The zero-order valence-electron chi connectivity index (χ0n) is 16.8. The number of carbonyl (C=O) groups excluding carboxylic acids is 1. The Bertz CT molecular complexity index is 1350. The Morgan fingerprint density at radius 2 is 1.77 bits per heavy atom. The maximum Gasteiger partial charge on any atom is 0.264 e. The third-order valence-electron chi connectivity index (χ3n) is 4.54. The van der Waals surface area contributed by atoms with Crippen LogP contribution < -0.4 is 10.0 Å². The lowest BCUT2D eigenvalue weighted by atomic mass is 10.1. The van der Waals surface area contributed by atoms with Crippen LogP contribution in [-0.4, -0.2) is 29.4 Å². The minimum Gasteiger partial charge on any atom is -0.356 e. The van der Waals surface area contributed by atoms with Gasteiger partial charge in [-0.2, -0.15) is 0 Å². The quantitative estimate of drug-likeness (QED) is 0.474. The van der Waals surface area contributed by atoms with Crippen molar-refractivity contribution in [1.82, 2.24) is 15.1 Å². The molecule has 2 aromatic heterocycles. The number of rotatable bonds is 6. The van der Waals surface area contributed by atoms with Gasteiger partial charge in [0, 0.05) is 23.5 Å². The summed E-state index contributed by atoms with van der Waals surface area (Å²) in [6.45, 7) is 3.90. The molecular weight excluding hydrogens is 418 g/mol. The zero-order chi connectivity index (χ0) is 22.0. The predicted octanol–water partition coefficient (Wildman–Crippen LogP) is 3.22. The van der Waals surface area contributed by atoms with E-state index in [1.807, 2.05) is 26.0 Å². The molecule has 0 saturated carbocycles. The van der Waals surface area contributed by atoms with Crippen LogP contribution in [0, 0.1) is 13.8 Å². The molecule has 0 aliphatic carbocycles. The Morgan fingerprint density at radius 3 is 2.48 bits per heavy atom. The molecule has 10 heteroatoms. The second-order valence-electron chi connectivity index (χ2n) is 7.01. The first-order valence-electron chi connectivity index (χ1n) is 9.37. The molecule has 2 heterocycles. The molecule has 158 valence electrons. The maximum absolute atomic E-state index is 12.5. The van der Waals surface area contributed by atoms with Crippen molar-refractivity contribution in [3.63, 3.8) is 0 Å². The summed E-state index contributed by atoms with van der Waals surface area (Å²) in [5.74, 6) is -0.314. The number of nitrogens with one attached hydrogen (secondary N) is 2. The van der Waals surface area contributed by atoms with Gasteiger partial charge in [0.1, 0.15) is 5.69 Å². The molecule has 2 aromatic carbocycles. The molecule has 0 spiro atoms. The van der Waals surface area contributed by atoms with Gasteiger partial charge in [0.2, 0.25) is 11.9 Å². The first kappa shape index (κ1) is 20.5. The number of benzene rings is 2. The van der Waals surface area contributed by atoms with Crippen molar-refractivity contribution in [2.75, 3.05) is 10.0 Å². The molecule has 1 amide bonds. The molecule has 0 radical (unpaired) electrons. The number of anilines is 2. The molecule has 31 heavy (non-hydrogen) atoms. The van der Waals surface area contributed by atoms with E-state index in [2.05, 4.69) is 25.2 Å². The third-order valence-corrected chi connectivity index (χ3v) is 5.89. The Morgan fingerprint density at radius 1 is 1.06 bits per heavy atom. The first-order valence-corrected chi connectivity index (χ1v) is 10.9. The zero-order valence-corrected chi connectivity index (χ0v) is 17.6. The highest BCUT2D eigenvalue weighted by molar-refractivity contribution is 7.92. The summed E-state index contributed by atoms with van der Waals surface area (Å²) in [6, 6.07) is 11.3. The van der Waals surface area contributed by atoms with E-state index >= 15 is 0 Å². The number of aromatic nitrogens is 3. The van der Waals surface area contributed by atoms with E-state index < -0.39 is 10.0 Å². The monoisotopic (exact) mass is 437 g/mol. The lowest BCUT2D eigenvalue weighted by molar-refractivity contribution is -0.115. The molecule has 0 aliphatic rings. The largest absolute Gasteiger partial charge is 0.356 e. The van der Waals surface area contributed by atoms with Gasteiger partial charge in [0.25, 0.3) is 10.0 Å². The van der Waals surface area contributed by atoms with E-state index in [1.165, 1.54) is 36.7 Å². The van der Waals surface area contributed by atoms with E-state index in [1.54, 1.807) is 6.07 Å². The van der Waals surface area contributed by atoms with Crippen molar-refractivity contribution in [3.05, 3.63) is 71.7 Å². The fourth-order valence-corrected chi connectivity index (χ4v) is 4.13. The van der Waals surface area contributed by atoms with E-state index in [-0.39, 0.29) is 23.2 Å². The van der Waals surface area contributed by atoms with Crippen LogP contribution in [0.5, 0.6) is 0 Å². The third kappa shape index (κ3) is 4.53. The highest BCUT2D eigenvalue weighted by Gasteiger charge is 2.17. The van der Waals surface area contributed by atoms with Gasteiger partial charge in [-0.3, -0.25) is 4.79 Å². The van der Waals surface area contributed by atoms with Crippen molar-refractivity contribution in [3.8, 4) is 0 Å². The number of hydrogen-bond donors (Lipinski definition) is 2. The molecule has 0 atom stereocenters. The van der Waals surface area contributed by atoms with Crippen molar-refractivity contribution in [1.29, 1.82) is 0 Å². The molecule has 4 rings (SSSR count). The van der Waals surface area contributed by atoms with Gasteiger partial charge >= 0.3 is 0 Å². The molecule has 0 saturated heterocycles. The van der Waals surface area contributed by atoms with Crippen molar-refractivity contribution < 1.29 is 17.7 Å². The molecule has 0 fully saturated rings. The van der Waals surface area contributed by atoms with Crippen LogP contribution in [0.1, 0.15) is 16.8 Å². The van der Waals surface area contributed by atoms with Gasteiger partial charge in [-0.1, -0.05) is 11.2 Å². The van der Waals surface area contributed by atoms with Gasteiger partial charge in [0.05, 0.1) is 11.3 Å². The topological polar surface area (TPSA) is 127 Å². The van der Waals surface area contributed by atoms with Crippen molar-refractivity contribution in [2.24, 2.45) is 0 Å².